The third-order valence-corrected chi connectivity index (χ3v) is 3.54. The Bertz CT molecular complexity index is 107. The van der Waals surface area contributed by atoms with E-state index in [1.54, 1.807) is 0 Å². The Hall–Kier alpha value is 0.400. The Balaban J connectivity index is 4.09. The van der Waals surface area contributed by atoms with Crippen LogP contribution < -0.4 is 0 Å². The lowest BCUT2D eigenvalue weighted by molar-refractivity contribution is -0.925. The lowest BCUT2D eigenvalue weighted by atomic mass is 10.2. The van der Waals surface area contributed by atoms with E-state index in [4.69, 9.17) is 0 Å². The predicted molar refractivity (Wildman–Crippen MR) is 56.6 cm³/mol. The van der Waals surface area contributed by atoms with Gasteiger partial charge >= 0.3 is 0 Å². The summed E-state index contributed by atoms with van der Waals surface area (Å²) in [6.07, 6.45) is -0.204. The summed E-state index contributed by atoms with van der Waals surface area (Å²) in [5.41, 5.74) is 0. The van der Waals surface area contributed by atoms with Gasteiger partial charge in [0.05, 0.1) is 19.6 Å². The molecule has 2 nitrogen and oxygen atoms in total. The fourth-order valence-electron chi connectivity index (χ4n) is 1.55. The van der Waals surface area contributed by atoms with Gasteiger partial charge in [-0.15, -0.1) is 0 Å². The molecule has 1 unspecified atom stereocenters. The predicted octanol–water partition coefficient (Wildman–Crippen LogP) is 1.62. The Morgan fingerprint density at radius 1 is 1.17 bits per heavy atom. The number of aliphatic hydroxyl groups is 1. The summed E-state index contributed by atoms with van der Waals surface area (Å²) >= 11 is 3.29. The minimum Gasteiger partial charge on any atom is -0.386 e. The molecule has 0 bridgehead atoms. The Labute approximate surface area is 84.3 Å². The SMILES string of the molecule is CC[N+](CC)(CC)CC(O)CBr. The first-order valence-corrected chi connectivity index (χ1v) is 5.85. The van der Waals surface area contributed by atoms with Crippen LogP contribution >= 0.6 is 15.9 Å². The topological polar surface area (TPSA) is 20.2 Å². The van der Waals surface area contributed by atoms with Crippen LogP contribution in [0.2, 0.25) is 0 Å². The molecule has 0 aromatic heterocycles. The number of hydrogen-bond acceptors (Lipinski definition) is 1. The molecule has 12 heavy (non-hydrogen) atoms. The lowest BCUT2D eigenvalue weighted by Gasteiger charge is -2.37. The maximum absolute atomic E-state index is 9.52. The van der Waals surface area contributed by atoms with E-state index in [0.29, 0.717) is 5.33 Å². The average molecular weight is 239 g/mol. The molecule has 0 rings (SSSR count). The highest BCUT2D eigenvalue weighted by Gasteiger charge is 2.23. The van der Waals surface area contributed by atoms with Crippen LogP contribution in [0, 0.1) is 0 Å². The van der Waals surface area contributed by atoms with Crippen LogP contribution in [0.15, 0.2) is 0 Å². The zero-order valence-electron chi connectivity index (χ0n) is 8.39. The number of likely N-dealkylation sites (N-methyl/N-ethyl adjacent to an activating group) is 1. The van der Waals surface area contributed by atoms with E-state index in [0.717, 1.165) is 30.7 Å². The van der Waals surface area contributed by atoms with Gasteiger partial charge in [0.25, 0.3) is 0 Å². The molecular weight excluding hydrogens is 218 g/mol. The van der Waals surface area contributed by atoms with E-state index in [2.05, 4.69) is 36.7 Å². The van der Waals surface area contributed by atoms with Crippen molar-refractivity contribution in [2.75, 3.05) is 31.5 Å². The molecule has 74 valence electrons. The van der Waals surface area contributed by atoms with Crippen molar-refractivity contribution < 1.29 is 9.59 Å². The molecule has 0 saturated heterocycles. The Morgan fingerprint density at radius 2 is 1.58 bits per heavy atom. The quantitative estimate of drug-likeness (QED) is 0.551. The van der Waals surface area contributed by atoms with Gasteiger partial charge < -0.3 is 9.59 Å². The van der Waals surface area contributed by atoms with E-state index in [9.17, 15) is 5.11 Å². The van der Waals surface area contributed by atoms with Crippen LogP contribution in [0.4, 0.5) is 0 Å². The normalized spacial score (nSPS) is 14.8. The zero-order valence-corrected chi connectivity index (χ0v) is 9.97. The molecule has 1 N–H and O–H groups in total. The first kappa shape index (κ1) is 12.4. The highest BCUT2D eigenvalue weighted by Crippen LogP contribution is 2.08. The van der Waals surface area contributed by atoms with Crippen molar-refractivity contribution in [3.63, 3.8) is 0 Å². The van der Waals surface area contributed by atoms with Crippen LogP contribution in [0.3, 0.4) is 0 Å². The van der Waals surface area contributed by atoms with Crippen molar-refractivity contribution in [3.05, 3.63) is 0 Å². The number of aliphatic hydroxyl groups excluding tert-OH is 1. The van der Waals surface area contributed by atoms with Crippen LogP contribution in [0.1, 0.15) is 20.8 Å². The minimum atomic E-state index is -0.204. The van der Waals surface area contributed by atoms with Gasteiger partial charge in [0.2, 0.25) is 0 Å². The third-order valence-electron chi connectivity index (χ3n) is 2.79. The van der Waals surface area contributed by atoms with Crippen molar-refractivity contribution in [1.29, 1.82) is 0 Å². The summed E-state index contributed by atoms with van der Waals surface area (Å²) in [5, 5.41) is 10.2. The summed E-state index contributed by atoms with van der Waals surface area (Å²) in [5.74, 6) is 0. The lowest BCUT2D eigenvalue weighted by Crippen LogP contribution is -2.52. The fraction of sp³-hybridized carbons (Fsp3) is 1.00. The Kier molecular flexibility index (Phi) is 6.14. The molecule has 0 aliphatic rings. The smallest absolute Gasteiger partial charge is 0.113 e. The molecular formula is C9H21BrNO+. The number of alkyl halides is 1. The molecule has 0 radical (unpaired) electrons. The third kappa shape index (κ3) is 3.42. The molecule has 0 aliphatic carbocycles. The van der Waals surface area contributed by atoms with Crippen molar-refractivity contribution in [1.82, 2.24) is 0 Å². The maximum atomic E-state index is 9.52. The van der Waals surface area contributed by atoms with Gasteiger partial charge in [0.15, 0.2) is 0 Å². The van der Waals surface area contributed by atoms with Gasteiger partial charge in [-0.3, -0.25) is 0 Å². The van der Waals surface area contributed by atoms with E-state index < -0.39 is 0 Å². The maximum Gasteiger partial charge on any atom is 0.113 e. The summed E-state index contributed by atoms with van der Waals surface area (Å²) in [4.78, 5) is 0. The van der Waals surface area contributed by atoms with Gasteiger partial charge in [-0.25, -0.2) is 0 Å². The molecule has 0 fully saturated rings. The summed E-state index contributed by atoms with van der Waals surface area (Å²) in [6, 6.07) is 0. The molecule has 0 aliphatic heterocycles. The van der Waals surface area contributed by atoms with E-state index in [1.807, 2.05) is 0 Å². The molecule has 0 spiro atoms. The van der Waals surface area contributed by atoms with Crippen LogP contribution in [0.25, 0.3) is 0 Å². The first-order chi connectivity index (χ1) is 5.64. The van der Waals surface area contributed by atoms with Crippen molar-refractivity contribution in [2.45, 2.75) is 26.9 Å². The van der Waals surface area contributed by atoms with Gasteiger partial charge in [-0.1, -0.05) is 15.9 Å². The van der Waals surface area contributed by atoms with E-state index in [1.165, 1.54) is 0 Å². The highest BCUT2D eigenvalue weighted by atomic mass is 79.9. The molecule has 0 amide bonds. The van der Waals surface area contributed by atoms with Crippen molar-refractivity contribution in [3.8, 4) is 0 Å². The average Bonchev–Trinajstić information content (AvgIpc) is 2.14. The van der Waals surface area contributed by atoms with Gasteiger partial charge in [0, 0.05) is 5.33 Å². The zero-order chi connectivity index (χ0) is 9.61. The van der Waals surface area contributed by atoms with Gasteiger partial charge in [-0.2, -0.15) is 0 Å². The van der Waals surface area contributed by atoms with Crippen molar-refractivity contribution in [2.24, 2.45) is 0 Å². The molecule has 0 aromatic carbocycles. The van der Waals surface area contributed by atoms with Crippen LogP contribution in [-0.2, 0) is 0 Å². The summed E-state index contributed by atoms with van der Waals surface area (Å²) < 4.78 is 1.02. The number of hydrogen-bond donors (Lipinski definition) is 1. The van der Waals surface area contributed by atoms with Gasteiger partial charge in [0.1, 0.15) is 12.6 Å². The van der Waals surface area contributed by atoms with Crippen molar-refractivity contribution >= 4 is 15.9 Å². The first-order valence-electron chi connectivity index (χ1n) is 4.73. The second kappa shape index (κ2) is 5.95. The summed E-state index contributed by atoms with van der Waals surface area (Å²) in [6.45, 7) is 10.8. The standard InChI is InChI=1S/C9H21BrNO/c1-4-11(5-2,6-3)8-9(12)7-10/h9,12H,4-8H2,1-3H3/q+1. The molecule has 1 atom stereocenters. The largest absolute Gasteiger partial charge is 0.386 e. The van der Waals surface area contributed by atoms with Crippen LogP contribution in [0.5, 0.6) is 0 Å². The number of halogens is 1. The molecule has 0 aromatic rings. The summed E-state index contributed by atoms with van der Waals surface area (Å²) in [7, 11) is 0. The number of nitrogens with zero attached hydrogens (tertiary/aromatic N) is 1. The molecule has 0 saturated carbocycles. The minimum absolute atomic E-state index is 0.204. The van der Waals surface area contributed by atoms with Gasteiger partial charge in [-0.05, 0) is 20.8 Å². The number of rotatable bonds is 6. The highest BCUT2D eigenvalue weighted by molar-refractivity contribution is 9.09. The second-order valence-electron chi connectivity index (χ2n) is 3.28. The van der Waals surface area contributed by atoms with E-state index >= 15 is 0 Å². The Morgan fingerprint density at radius 3 is 1.83 bits per heavy atom. The van der Waals surface area contributed by atoms with Crippen LogP contribution in [-0.4, -0.2) is 47.2 Å². The van der Waals surface area contributed by atoms with E-state index in [-0.39, 0.29) is 6.10 Å². The second-order valence-corrected chi connectivity index (χ2v) is 3.93. The molecule has 0 heterocycles. The number of quaternary nitrogens is 1. The fourth-order valence-corrected chi connectivity index (χ4v) is 1.76. The molecule has 3 heteroatoms. The monoisotopic (exact) mass is 238 g/mol.